The molecule has 0 bridgehead atoms. The van der Waals surface area contributed by atoms with Crippen molar-refractivity contribution in [1.29, 1.82) is 0 Å². The van der Waals surface area contributed by atoms with Crippen LogP contribution in [0, 0.1) is 0 Å². The maximum atomic E-state index is 11.7. The highest BCUT2D eigenvalue weighted by Gasteiger charge is 1.98. The number of aliphatic hydroxyl groups is 1. The Balaban J connectivity index is 0.000000281. The highest BCUT2D eigenvalue weighted by atomic mass is 16.3. The van der Waals surface area contributed by atoms with Gasteiger partial charge in [0.1, 0.15) is 13.0 Å². The fourth-order valence-corrected chi connectivity index (χ4v) is 2.29. The highest BCUT2D eigenvalue weighted by molar-refractivity contribution is 6.06. The number of benzene rings is 3. The Bertz CT molecular complexity index is 816. The van der Waals surface area contributed by atoms with Crippen molar-refractivity contribution >= 4 is 18.6 Å². The Labute approximate surface area is 166 Å². The highest BCUT2D eigenvalue weighted by Crippen LogP contribution is 2.05. The van der Waals surface area contributed by atoms with Gasteiger partial charge in [-0.2, -0.15) is 0 Å². The summed E-state index contributed by atoms with van der Waals surface area (Å²) in [7, 11) is 0. The van der Waals surface area contributed by atoms with Gasteiger partial charge in [-0.15, -0.1) is 0 Å². The minimum absolute atomic E-state index is 0.0319. The van der Waals surface area contributed by atoms with E-state index in [-0.39, 0.29) is 5.78 Å². The van der Waals surface area contributed by atoms with Crippen LogP contribution in [0.2, 0.25) is 0 Å². The van der Waals surface area contributed by atoms with E-state index in [0.717, 1.165) is 16.7 Å². The van der Waals surface area contributed by atoms with Gasteiger partial charge in [-0.3, -0.25) is 4.79 Å². The van der Waals surface area contributed by atoms with Gasteiger partial charge in [-0.05, 0) is 17.2 Å². The SMILES string of the molecule is C=O.NC(O)Cc1ccccc1.O=C(/C=C/c1ccccc1)c1ccccc1. The minimum Gasteiger partial charge on any atom is -0.378 e. The summed E-state index contributed by atoms with van der Waals surface area (Å²) in [4.78, 5) is 19.7. The summed E-state index contributed by atoms with van der Waals surface area (Å²) in [6.07, 6.45) is 3.23. The molecule has 0 aliphatic carbocycles. The van der Waals surface area contributed by atoms with Crippen LogP contribution >= 0.6 is 0 Å². The van der Waals surface area contributed by atoms with Gasteiger partial charge in [0.15, 0.2) is 5.78 Å². The Morgan fingerprint density at radius 2 is 1.32 bits per heavy atom. The smallest absolute Gasteiger partial charge is 0.185 e. The fraction of sp³-hybridized carbons (Fsp3) is 0.0833. The standard InChI is InChI=1S/C15H12O.C8H11NO.CH2O/c16-15(14-9-5-2-6-10-14)12-11-13-7-3-1-4-8-13;9-8(10)6-7-4-2-1-3-5-7;1-2/h1-12H;1-5,8,10H,6,9H2;1H2/b12-11+;;. The number of hydrogen-bond acceptors (Lipinski definition) is 4. The summed E-state index contributed by atoms with van der Waals surface area (Å²) in [6.45, 7) is 2.00. The van der Waals surface area contributed by atoms with Crippen LogP contribution in [-0.4, -0.2) is 23.9 Å². The van der Waals surface area contributed by atoms with Crippen molar-refractivity contribution in [3.63, 3.8) is 0 Å². The molecule has 0 heterocycles. The van der Waals surface area contributed by atoms with E-state index in [2.05, 4.69) is 0 Å². The number of allylic oxidation sites excluding steroid dienone is 1. The van der Waals surface area contributed by atoms with E-state index >= 15 is 0 Å². The lowest BCUT2D eigenvalue weighted by Crippen LogP contribution is -2.21. The lowest BCUT2D eigenvalue weighted by atomic mass is 10.1. The minimum atomic E-state index is -0.734. The zero-order valence-corrected chi connectivity index (χ0v) is 15.6. The fourth-order valence-electron chi connectivity index (χ4n) is 2.29. The van der Waals surface area contributed by atoms with E-state index in [0.29, 0.717) is 6.42 Å². The molecule has 0 spiro atoms. The molecule has 4 nitrogen and oxygen atoms in total. The first kappa shape index (κ1) is 22.7. The van der Waals surface area contributed by atoms with E-state index in [9.17, 15) is 4.79 Å². The normalized spacial score (nSPS) is 10.8. The number of carbonyl (C=O) groups excluding carboxylic acids is 2. The average Bonchev–Trinajstić information content (AvgIpc) is 2.75. The zero-order chi connectivity index (χ0) is 20.6. The second kappa shape index (κ2) is 13.8. The third-order valence-corrected chi connectivity index (χ3v) is 3.57. The molecular formula is C24H25NO3. The quantitative estimate of drug-likeness (QED) is 0.403. The molecule has 0 aliphatic rings. The van der Waals surface area contributed by atoms with Crippen LogP contribution in [0.1, 0.15) is 21.5 Å². The van der Waals surface area contributed by atoms with E-state index < -0.39 is 6.23 Å². The molecule has 0 aliphatic heterocycles. The van der Waals surface area contributed by atoms with Crippen molar-refractivity contribution < 1.29 is 14.7 Å². The molecule has 3 rings (SSSR count). The van der Waals surface area contributed by atoms with Gasteiger partial charge in [0.05, 0.1) is 0 Å². The number of ketones is 1. The van der Waals surface area contributed by atoms with E-state index in [1.165, 1.54) is 0 Å². The number of hydrogen-bond donors (Lipinski definition) is 2. The molecule has 4 heteroatoms. The van der Waals surface area contributed by atoms with Crippen LogP contribution in [0.25, 0.3) is 6.08 Å². The molecule has 144 valence electrons. The van der Waals surface area contributed by atoms with Crippen LogP contribution in [0.4, 0.5) is 0 Å². The molecule has 0 fully saturated rings. The van der Waals surface area contributed by atoms with Crippen molar-refractivity contribution in [2.24, 2.45) is 5.73 Å². The Morgan fingerprint density at radius 1 is 0.857 bits per heavy atom. The van der Waals surface area contributed by atoms with Gasteiger partial charge in [0.2, 0.25) is 0 Å². The lowest BCUT2D eigenvalue weighted by Gasteiger charge is -2.02. The molecule has 28 heavy (non-hydrogen) atoms. The number of aliphatic hydroxyl groups excluding tert-OH is 1. The third kappa shape index (κ3) is 9.38. The van der Waals surface area contributed by atoms with Crippen molar-refractivity contribution in [2.45, 2.75) is 12.6 Å². The Hall–Kier alpha value is -3.34. The molecule has 3 aromatic carbocycles. The molecule has 3 N–H and O–H groups in total. The van der Waals surface area contributed by atoms with Crippen molar-refractivity contribution in [3.05, 3.63) is 114 Å². The van der Waals surface area contributed by atoms with Crippen LogP contribution in [0.5, 0.6) is 0 Å². The predicted molar refractivity (Wildman–Crippen MR) is 114 cm³/mol. The summed E-state index contributed by atoms with van der Waals surface area (Å²) in [6, 6.07) is 28.7. The molecule has 1 atom stereocenters. The number of carbonyl (C=O) groups is 2. The van der Waals surface area contributed by atoms with Crippen molar-refractivity contribution in [2.75, 3.05) is 0 Å². The summed E-state index contributed by atoms with van der Waals surface area (Å²) in [5, 5.41) is 8.78. The van der Waals surface area contributed by atoms with Crippen molar-refractivity contribution in [1.82, 2.24) is 0 Å². The Kier molecular flexibility index (Phi) is 11.2. The molecule has 1 unspecified atom stereocenters. The topological polar surface area (TPSA) is 80.4 Å². The summed E-state index contributed by atoms with van der Waals surface area (Å²) >= 11 is 0. The average molecular weight is 375 g/mol. The van der Waals surface area contributed by atoms with Gasteiger partial charge in [-0.1, -0.05) is 97.1 Å². The van der Waals surface area contributed by atoms with Crippen LogP contribution < -0.4 is 5.73 Å². The van der Waals surface area contributed by atoms with E-state index in [1.807, 2.05) is 104 Å². The molecular weight excluding hydrogens is 350 g/mol. The van der Waals surface area contributed by atoms with Gasteiger partial charge < -0.3 is 15.6 Å². The van der Waals surface area contributed by atoms with Crippen LogP contribution in [0.3, 0.4) is 0 Å². The predicted octanol–water partition coefficient (Wildman–Crippen LogP) is 3.90. The number of rotatable bonds is 5. The Morgan fingerprint density at radius 3 is 1.82 bits per heavy atom. The first-order valence-corrected chi connectivity index (χ1v) is 8.74. The van der Waals surface area contributed by atoms with Crippen molar-refractivity contribution in [3.8, 4) is 0 Å². The van der Waals surface area contributed by atoms with Gasteiger partial charge in [0, 0.05) is 12.0 Å². The third-order valence-electron chi connectivity index (χ3n) is 3.57. The van der Waals surface area contributed by atoms with Gasteiger partial charge in [0.25, 0.3) is 0 Å². The monoisotopic (exact) mass is 375 g/mol. The van der Waals surface area contributed by atoms with E-state index in [4.69, 9.17) is 15.6 Å². The molecule has 0 radical (unpaired) electrons. The zero-order valence-electron chi connectivity index (χ0n) is 15.6. The first-order chi connectivity index (χ1) is 13.6. The molecule has 3 aromatic rings. The van der Waals surface area contributed by atoms with E-state index in [1.54, 1.807) is 6.08 Å². The second-order valence-electron chi connectivity index (χ2n) is 5.73. The molecule has 0 saturated carbocycles. The molecule has 0 amide bonds. The maximum absolute atomic E-state index is 11.7. The van der Waals surface area contributed by atoms with Gasteiger partial charge in [-0.25, -0.2) is 0 Å². The second-order valence-corrected chi connectivity index (χ2v) is 5.73. The summed E-state index contributed by atoms with van der Waals surface area (Å²) in [5.74, 6) is 0.0319. The van der Waals surface area contributed by atoms with Gasteiger partial charge >= 0.3 is 0 Å². The maximum Gasteiger partial charge on any atom is 0.185 e. The summed E-state index contributed by atoms with van der Waals surface area (Å²) < 4.78 is 0. The molecule has 0 saturated heterocycles. The lowest BCUT2D eigenvalue weighted by molar-refractivity contribution is -0.0980. The van der Waals surface area contributed by atoms with Crippen LogP contribution in [-0.2, 0) is 11.2 Å². The first-order valence-electron chi connectivity index (χ1n) is 8.74. The van der Waals surface area contributed by atoms with Crippen LogP contribution in [0.15, 0.2) is 97.1 Å². The largest absolute Gasteiger partial charge is 0.378 e. The summed E-state index contributed by atoms with van der Waals surface area (Å²) in [5.41, 5.74) is 8.00. The number of nitrogens with two attached hydrogens (primary N) is 1. The molecule has 0 aromatic heterocycles.